The van der Waals surface area contributed by atoms with Crippen molar-refractivity contribution in [2.45, 2.75) is 12.5 Å². The SMILES string of the molecule is N#CCC(O)CNc1ccc2c(c1)OCCO2. The van der Waals surface area contributed by atoms with Gasteiger partial charge in [0.2, 0.25) is 0 Å². The first kappa shape index (κ1) is 11.6. The van der Waals surface area contributed by atoms with Crippen LogP contribution in [0.3, 0.4) is 0 Å². The molecule has 5 nitrogen and oxygen atoms in total. The number of hydrogen-bond acceptors (Lipinski definition) is 5. The molecule has 0 amide bonds. The number of nitriles is 1. The van der Waals surface area contributed by atoms with E-state index in [1.807, 2.05) is 24.3 Å². The van der Waals surface area contributed by atoms with Crippen molar-refractivity contribution in [3.63, 3.8) is 0 Å². The summed E-state index contributed by atoms with van der Waals surface area (Å²) in [6.45, 7) is 1.46. The lowest BCUT2D eigenvalue weighted by molar-refractivity contribution is 0.171. The molecule has 2 rings (SSSR count). The van der Waals surface area contributed by atoms with E-state index in [2.05, 4.69) is 5.32 Å². The van der Waals surface area contributed by atoms with Crippen molar-refractivity contribution in [1.82, 2.24) is 0 Å². The van der Waals surface area contributed by atoms with E-state index in [1.54, 1.807) is 0 Å². The standard InChI is InChI=1S/C12H14N2O3/c13-4-3-10(15)8-14-9-1-2-11-12(7-9)17-6-5-16-11/h1-2,7,10,14-15H,3,5-6,8H2. The lowest BCUT2D eigenvalue weighted by Crippen LogP contribution is -2.19. The summed E-state index contributed by atoms with van der Waals surface area (Å²) in [5.41, 5.74) is 0.839. The molecule has 1 atom stereocenters. The molecule has 90 valence electrons. The number of ether oxygens (including phenoxy) is 2. The molecule has 1 aliphatic rings. The van der Waals surface area contributed by atoms with Crippen LogP contribution in [0.1, 0.15) is 6.42 Å². The minimum Gasteiger partial charge on any atom is -0.486 e. The number of nitrogens with zero attached hydrogens (tertiary/aromatic N) is 1. The van der Waals surface area contributed by atoms with Gasteiger partial charge in [0.05, 0.1) is 18.6 Å². The van der Waals surface area contributed by atoms with Crippen molar-refractivity contribution in [3.05, 3.63) is 18.2 Å². The minimum absolute atomic E-state index is 0.123. The maximum absolute atomic E-state index is 9.41. The lowest BCUT2D eigenvalue weighted by Gasteiger charge is -2.19. The lowest BCUT2D eigenvalue weighted by atomic mass is 10.2. The van der Waals surface area contributed by atoms with E-state index in [4.69, 9.17) is 14.7 Å². The Kier molecular flexibility index (Phi) is 3.68. The third-order valence-electron chi connectivity index (χ3n) is 2.41. The van der Waals surface area contributed by atoms with Crippen LogP contribution in [-0.2, 0) is 0 Å². The predicted octanol–water partition coefficient (Wildman–Crippen LogP) is 1.14. The zero-order valence-corrected chi connectivity index (χ0v) is 9.35. The molecule has 0 radical (unpaired) electrons. The monoisotopic (exact) mass is 234 g/mol. The van der Waals surface area contributed by atoms with Crippen LogP contribution in [-0.4, -0.2) is 31.0 Å². The van der Waals surface area contributed by atoms with Crippen molar-refractivity contribution in [2.24, 2.45) is 0 Å². The fourth-order valence-corrected chi connectivity index (χ4v) is 1.57. The molecule has 17 heavy (non-hydrogen) atoms. The Morgan fingerprint density at radius 2 is 2.12 bits per heavy atom. The number of nitrogens with one attached hydrogen (secondary N) is 1. The van der Waals surface area contributed by atoms with E-state index in [1.165, 1.54) is 0 Å². The molecule has 0 aromatic heterocycles. The van der Waals surface area contributed by atoms with Crippen LogP contribution < -0.4 is 14.8 Å². The van der Waals surface area contributed by atoms with E-state index in [9.17, 15) is 5.11 Å². The summed E-state index contributed by atoms with van der Waals surface area (Å²) in [6, 6.07) is 7.43. The second-order valence-corrected chi connectivity index (χ2v) is 3.76. The average Bonchev–Trinajstić information content (AvgIpc) is 2.36. The summed E-state index contributed by atoms with van der Waals surface area (Å²) < 4.78 is 10.8. The molecular weight excluding hydrogens is 220 g/mol. The molecule has 1 heterocycles. The minimum atomic E-state index is -0.659. The highest BCUT2D eigenvalue weighted by molar-refractivity contribution is 5.55. The first-order valence-electron chi connectivity index (χ1n) is 5.48. The van der Waals surface area contributed by atoms with Crippen LogP contribution >= 0.6 is 0 Å². The Labute approximate surface area is 99.6 Å². The largest absolute Gasteiger partial charge is 0.486 e. The van der Waals surface area contributed by atoms with Crippen LogP contribution in [0.5, 0.6) is 11.5 Å². The van der Waals surface area contributed by atoms with Gasteiger partial charge in [-0.25, -0.2) is 0 Å². The summed E-state index contributed by atoms with van der Waals surface area (Å²) >= 11 is 0. The number of rotatable bonds is 4. The highest BCUT2D eigenvalue weighted by Gasteiger charge is 2.12. The topological polar surface area (TPSA) is 74.5 Å². The van der Waals surface area contributed by atoms with Crippen molar-refractivity contribution in [3.8, 4) is 17.6 Å². The number of aliphatic hydroxyl groups excluding tert-OH is 1. The van der Waals surface area contributed by atoms with Crippen molar-refractivity contribution in [2.75, 3.05) is 25.1 Å². The Morgan fingerprint density at radius 3 is 2.88 bits per heavy atom. The van der Waals surface area contributed by atoms with Crippen LogP contribution in [0, 0.1) is 11.3 Å². The Hall–Kier alpha value is -1.93. The van der Waals surface area contributed by atoms with Crippen LogP contribution in [0.25, 0.3) is 0 Å². The summed E-state index contributed by atoms with van der Waals surface area (Å²) in [7, 11) is 0. The van der Waals surface area contributed by atoms with Gasteiger partial charge in [0.15, 0.2) is 11.5 Å². The number of hydrogen-bond donors (Lipinski definition) is 2. The molecule has 1 aliphatic heterocycles. The normalized spacial score (nSPS) is 14.8. The van der Waals surface area contributed by atoms with E-state index >= 15 is 0 Å². The molecule has 0 spiro atoms. The molecule has 2 N–H and O–H groups in total. The fourth-order valence-electron chi connectivity index (χ4n) is 1.57. The molecule has 0 bridgehead atoms. The van der Waals surface area contributed by atoms with Gasteiger partial charge in [-0.15, -0.1) is 0 Å². The maximum atomic E-state index is 9.41. The van der Waals surface area contributed by atoms with Crippen LogP contribution in [0.2, 0.25) is 0 Å². The highest BCUT2D eigenvalue weighted by atomic mass is 16.6. The Morgan fingerprint density at radius 1 is 1.35 bits per heavy atom. The summed E-state index contributed by atoms with van der Waals surface area (Å²) in [4.78, 5) is 0. The van der Waals surface area contributed by atoms with Gasteiger partial charge in [0.25, 0.3) is 0 Å². The van der Waals surface area contributed by atoms with Gasteiger partial charge in [-0.2, -0.15) is 5.26 Å². The summed E-state index contributed by atoms with van der Waals surface area (Å²) in [6.07, 6.45) is -0.537. The summed E-state index contributed by atoms with van der Waals surface area (Å²) in [5.74, 6) is 1.44. The van der Waals surface area contributed by atoms with Gasteiger partial charge in [-0.1, -0.05) is 0 Å². The van der Waals surface area contributed by atoms with E-state index < -0.39 is 6.10 Å². The molecule has 0 saturated heterocycles. The van der Waals surface area contributed by atoms with Crippen molar-refractivity contribution in [1.29, 1.82) is 5.26 Å². The van der Waals surface area contributed by atoms with E-state index in [0.29, 0.717) is 25.5 Å². The van der Waals surface area contributed by atoms with Gasteiger partial charge < -0.3 is 19.9 Å². The number of aliphatic hydroxyl groups is 1. The van der Waals surface area contributed by atoms with Crippen LogP contribution in [0.15, 0.2) is 18.2 Å². The van der Waals surface area contributed by atoms with Gasteiger partial charge in [-0.3, -0.25) is 0 Å². The zero-order valence-electron chi connectivity index (χ0n) is 9.35. The van der Waals surface area contributed by atoms with E-state index in [0.717, 1.165) is 11.4 Å². The number of fused-ring (bicyclic) bond motifs is 1. The molecule has 1 unspecified atom stereocenters. The van der Waals surface area contributed by atoms with Crippen molar-refractivity contribution < 1.29 is 14.6 Å². The van der Waals surface area contributed by atoms with Gasteiger partial charge in [0.1, 0.15) is 13.2 Å². The summed E-state index contributed by atoms with van der Waals surface area (Å²) in [5, 5.41) is 20.9. The number of benzene rings is 1. The highest BCUT2D eigenvalue weighted by Crippen LogP contribution is 2.32. The molecule has 1 aromatic carbocycles. The Balaban J connectivity index is 1.95. The van der Waals surface area contributed by atoms with Gasteiger partial charge in [-0.05, 0) is 12.1 Å². The molecule has 5 heteroatoms. The number of anilines is 1. The smallest absolute Gasteiger partial charge is 0.163 e. The van der Waals surface area contributed by atoms with E-state index in [-0.39, 0.29) is 6.42 Å². The van der Waals surface area contributed by atoms with Crippen molar-refractivity contribution >= 4 is 5.69 Å². The van der Waals surface area contributed by atoms with Crippen LogP contribution in [0.4, 0.5) is 5.69 Å². The first-order valence-corrected chi connectivity index (χ1v) is 5.48. The molecule has 1 aromatic rings. The third-order valence-corrected chi connectivity index (χ3v) is 2.41. The maximum Gasteiger partial charge on any atom is 0.163 e. The molecule has 0 fully saturated rings. The van der Waals surface area contributed by atoms with Gasteiger partial charge in [0, 0.05) is 18.3 Å². The second kappa shape index (κ2) is 5.41. The van der Waals surface area contributed by atoms with Gasteiger partial charge >= 0.3 is 0 Å². The average molecular weight is 234 g/mol. The molecular formula is C12H14N2O3. The zero-order chi connectivity index (χ0) is 12.1. The second-order valence-electron chi connectivity index (χ2n) is 3.76. The third kappa shape index (κ3) is 3.02. The quantitative estimate of drug-likeness (QED) is 0.817. The molecule has 0 aliphatic carbocycles. The Bertz CT molecular complexity index is 428. The first-order chi connectivity index (χ1) is 8.29. The molecule has 0 saturated carbocycles. The predicted molar refractivity (Wildman–Crippen MR) is 62.2 cm³/mol. The fraction of sp³-hybridized carbons (Fsp3) is 0.417.